The fourth-order valence-electron chi connectivity index (χ4n) is 4.13. The molecule has 1 N–H and O–H groups in total. The molecule has 0 fully saturated rings. The van der Waals surface area contributed by atoms with Gasteiger partial charge < -0.3 is 24.2 Å². The van der Waals surface area contributed by atoms with Crippen molar-refractivity contribution in [2.75, 3.05) is 20.8 Å². The Morgan fingerprint density at radius 1 is 0.879 bits per heavy atom. The SMILES string of the molecule is CCOc1ccccc1[C@H]1C(c2ccc(OC)cc2)=C(O)C(=O)N1Cc1ccc(OC)cc1. The highest BCUT2D eigenvalue weighted by Crippen LogP contribution is 2.46. The Bertz CT molecular complexity index is 1150. The first-order valence-corrected chi connectivity index (χ1v) is 10.8. The van der Waals surface area contributed by atoms with E-state index in [1.165, 1.54) is 0 Å². The molecule has 1 atom stereocenters. The number of benzene rings is 3. The third kappa shape index (κ3) is 4.37. The third-order valence-corrected chi connectivity index (χ3v) is 5.73. The largest absolute Gasteiger partial charge is 0.503 e. The maximum atomic E-state index is 13.3. The van der Waals surface area contributed by atoms with Crippen molar-refractivity contribution in [1.82, 2.24) is 4.90 Å². The van der Waals surface area contributed by atoms with Crippen LogP contribution < -0.4 is 14.2 Å². The van der Waals surface area contributed by atoms with E-state index in [0.717, 1.165) is 22.4 Å². The molecule has 0 aliphatic carbocycles. The molecule has 0 spiro atoms. The number of hydrogen-bond donors (Lipinski definition) is 1. The molecule has 1 aliphatic heterocycles. The summed E-state index contributed by atoms with van der Waals surface area (Å²) in [4.78, 5) is 15.0. The number of amides is 1. The number of aliphatic hydroxyl groups is 1. The number of nitrogens with zero attached hydrogens (tertiary/aromatic N) is 1. The van der Waals surface area contributed by atoms with Crippen molar-refractivity contribution in [2.24, 2.45) is 0 Å². The summed E-state index contributed by atoms with van der Waals surface area (Å²) in [7, 11) is 3.21. The molecule has 33 heavy (non-hydrogen) atoms. The van der Waals surface area contributed by atoms with Crippen LogP contribution in [0.1, 0.15) is 29.7 Å². The quantitative estimate of drug-likeness (QED) is 0.519. The van der Waals surface area contributed by atoms with E-state index in [2.05, 4.69) is 0 Å². The average Bonchev–Trinajstić information content (AvgIpc) is 3.10. The monoisotopic (exact) mass is 445 g/mol. The van der Waals surface area contributed by atoms with Crippen LogP contribution in [-0.2, 0) is 11.3 Å². The second-order valence-corrected chi connectivity index (χ2v) is 7.65. The first kappa shape index (κ1) is 22.3. The first-order chi connectivity index (χ1) is 16.1. The molecule has 0 saturated carbocycles. The Hall–Kier alpha value is -3.93. The number of aliphatic hydroxyl groups excluding tert-OH is 1. The minimum Gasteiger partial charge on any atom is -0.503 e. The molecule has 4 rings (SSSR count). The average molecular weight is 446 g/mol. The minimum atomic E-state index is -0.518. The molecule has 0 radical (unpaired) electrons. The molecule has 1 aliphatic rings. The van der Waals surface area contributed by atoms with Crippen LogP contribution in [0.25, 0.3) is 5.57 Å². The van der Waals surface area contributed by atoms with Crippen LogP contribution in [0.3, 0.4) is 0 Å². The third-order valence-electron chi connectivity index (χ3n) is 5.73. The van der Waals surface area contributed by atoms with E-state index in [4.69, 9.17) is 14.2 Å². The van der Waals surface area contributed by atoms with Crippen LogP contribution in [0.15, 0.2) is 78.6 Å². The van der Waals surface area contributed by atoms with Crippen molar-refractivity contribution >= 4 is 11.5 Å². The van der Waals surface area contributed by atoms with Gasteiger partial charge in [-0.05, 0) is 48.4 Å². The van der Waals surface area contributed by atoms with Gasteiger partial charge in [0.15, 0.2) is 5.76 Å². The zero-order valence-corrected chi connectivity index (χ0v) is 18.9. The van der Waals surface area contributed by atoms with E-state index < -0.39 is 11.9 Å². The molecule has 1 amide bonds. The standard InChI is InChI=1S/C27H27NO5/c1-4-33-23-8-6-5-7-22(23)25-24(19-11-15-21(32-3)16-12-19)26(29)27(30)28(25)17-18-9-13-20(31-2)14-10-18/h5-16,25,29H,4,17H2,1-3H3/t25-/m0/s1. The lowest BCUT2D eigenvalue weighted by Crippen LogP contribution is -2.30. The fraction of sp³-hybridized carbons (Fsp3) is 0.222. The zero-order chi connectivity index (χ0) is 23.4. The Labute approximate surface area is 193 Å². The van der Waals surface area contributed by atoms with E-state index in [1.54, 1.807) is 19.1 Å². The predicted octanol–water partition coefficient (Wildman–Crippen LogP) is 5.16. The van der Waals surface area contributed by atoms with E-state index in [-0.39, 0.29) is 5.76 Å². The van der Waals surface area contributed by atoms with Crippen LogP contribution in [0.4, 0.5) is 0 Å². The number of carbonyl (C=O) groups excluding carboxylic acids is 1. The lowest BCUT2D eigenvalue weighted by molar-refractivity contribution is -0.130. The number of hydrogen-bond acceptors (Lipinski definition) is 5. The smallest absolute Gasteiger partial charge is 0.290 e. The van der Waals surface area contributed by atoms with E-state index in [9.17, 15) is 9.90 Å². The molecule has 3 aromatic carbocycles. The van der Waals surface area contributed by atoms with Gasteiger partial charge in [-0.25, -0.2) is 0 Å². The maximum Gasteiger partial charge on any atom is 0.290 e. The second kappa shape index (κ2) is 9.69. The number of rotatable bonds is 8. The molecular formula is C27H27NO5. The highest BCUT2D eigenvalue weighted by atomic mass is 16.5. The van der Waals surface area contributed by atoms with Crippen LogP contribution in [0, 0.1) is 0 Å². The predicted molar refractivity (Wildman–Crippen MR) is 126 cm³/mol. The van der Waals surface area contributed by atoms with Crippen molar-refractivity contribution in [1.29, 1.82) is 0 Å². The molecule has 6 heteroatoms. The van der Waals surface area contributed by atoms with E-state index in [0.29, 0.717) is 30.2 Å². The van der Waals surface area contributed by atoms with Gasteiger partial charge >= 0.3 is 0 Å². The maximum absolute atomic E-state index is 13.3. The van der Waals surface area contributed by atoms with Gasteiger partial charge in [-0.3, -0.25) is 4.79 Å². The Morgan fingerprint density at radius 3 is 2.09 bits per heavy atom. The number of ether oxygens (including phenoxy) is 3. The topological polar surface area (TPSA) is 68.2 Å². The van der Waals surface area contributed by atoms with Gasteiger partial charge in [0.2, 0.25) is 0 Å². The van der Waals surface area contributed by atoms with Crippen LogP contribution in [-0.4, -0.2) is 36.7 Å². The number of para-hydroxylation sites is 1. The molecule has 0 unspecified atom stereocenters. The normalized spacial score (nSPS) is 15.7. The summed E-state index contributed by atoms with van der Waals surface area (Å²) in [5.41, 5.74) is 3.03. The van der Waals surface area contributed by atoms with Crippen molar-refractivity contribution in [3.63, 3.8) is 0 Å². The van der Waals surface area contributed by atoms with Crippen LogP contribution in [0.2, 0.25) is 0 Å². The van der Waals surface area contributed by atoms with Crippen molar-refractivity contribution in [3.8, 4) is 17.2 Å². The summed E-state index contributed by atoms with van der Waals surface area (Å²) >= 11 is 0. The zero-order valence-electron chi connectivity index (χ0n) is 18.9. The van der Waals surface area contributed by atoms with Gasteiger partial charge in [-0.1, -0.05) is 42.5 Å². The number of methoxy groups -OCH3 is 2. The molecule has 170 valence electrons. The van der Waals surface area contributed by atoms with Crippen molar-refractivity contribution in [2.45, 2.75) is 19.5 Å². The summed E-state index contributed by atoms with van der Waals surface area (Å²) in [6.45, 7) is 2.73. The molecule has 3 aromatic rings. The van der Waals surface area contributed by atoms with Gasteiger partial charge in [-0.15, -0.1) is 0 Å². The Balaban J connectivity index is 1.81. The summed E-state index contributed by atoms with van der Waals surface area (Å²) in [6.07, 6.45) is 0. The molecule has 0 bridgehead atoms. The summed E-state index contributed by atoms with van der Waals surface area (Å²) < 4.78 is 16.4. The Morgan fingerprint density at radius 2 is 1.48 bits per heavy atom. The molecule has 0 aromatic heterocycles. The van der Waals surface area contributed by atoms with Gasteiger partial charge in [0.25, 0.3) is 5.91 Å². The Kier molecular flexibility index (Phi) is 6.54. The van der Waals surface area contributed by atoms with Gasteiger partial charge in [-0.2, -0.15) is 0 Å². The summed E-state index contributed by atoms with van der Waals surface area (Å²) in [5, 5.41) is 11.0. The molecular weight excluding hydrogens is 418 g/mol. The lowest BCUT2D eigenvalue weighted by atomic mass is 9.92. The molecule has 0 saturated heterocycles. The summed E-state index contributed by atoms with van der Waals surface area (Å²) in [5.74, 6) is 1.44. The first-order valence-electron chi connectivity index (χ1n) is 10.8. The number of carbonyl (C=O) groups is 1. The van der Waals surface area contributed by atoms with Gasteiger partial charge in [0.05, 0.1) is 26.9 Å². The minimum absolute atomic E-state index is 0.259. The molecule has 6 nitrogen and oxygen atoms in total. The highest BCUT2D eigenvalue weighted by molar-refractivity contribution is 6.05. The van der Waals surface area contributed by atoms with Crippen molar-refractivity contribution in [3.05, 3.63) is 95.2 Å². The molecule has 1 heterocycles. The second-order valence-electron chi connectivity index (χ2n) is 7.65. The highest BCUT2D eigenvalue weighted by Gasteiger charge is 2.42. The van der Waals surface area contributed by atoms with Gasteiger partial charge in [0.1, 0.15) is 17.2 Å². The fourth-order valence-corrected chi connectivity index (χ4v) is 4.13. The van der Waals surface area contributed by atoms with E-state index in [1.807, 2.05) is 79.7 Å². The van der Waals surface area contributed by atoms with Gasteiger partial charge in [0, 0.05) is 17.7 Å². The van der Waals surface area contributed by atoms with Crippen LogP contribution in [0.5, 0.6) is 17.2 Å². The summed E-state index contributed by atoms with van der Waals surface area (Å²) in [6, 6.07) is 22.0. The van der Waals surface area contributed by atoms with Crippen LogP contribution >= 0.6 is 0 Å². The lowest BCUT2D eigenvalue weighted by Gasteiger charge is -2.29. The van der Waals surface area contributed by atoms with E-state index >= 15 is 0 Å². The van der Waals surface area contributed by atoms with Crippen molar-refractivity contribution < 1.29 is 24.1 Å².